The average molecular weight is 374 g/mol. The van der Waals surface area contributed by atoms with E-state index in [0.717, 1.165) is 31.0 Å². The number of aromatic nitrogens is 1. The summed E-state index contributed by atoms with van der Waals surface area (Å²) in [7, 11) is 3.39. The first-order chi connectivity index (χ1) is 13.7. The quantitative estimate of drug-likeness (QED) is 0.656. The normalized spacial score (nSPS) is 16.5. The molecule has 2 aromatic carbocycles. The Labute approximate surface area is 166 Å². The molecule has 1 aliphatic rings. The lowest BCUT2D eigenvalue weighted by Crippen LogP contribution is -2.36. The van der Waals surface area contributed by atoms with Crippen molar-refractivity contribution in [1.82, 2.24) is 9.88 Å². The third-order valence-electron chi connectivity index (χ3n) is 5.60. The van der Waals surface area contributed by atoms with E-state index in [-0.39, 0.29) is 6.04 Å². The lowest BCUT2D eigenvalue weighted by atomic mass is 9.87. The molecule has 1 aliphatic heterocycles. The van der Waals surface area contributed by atoms with Gasteiger partial charge in [0.05, 0.1) is 20.3 Å². The Morgan fingerprint density at radius 2 is 1.79 bits per heavy atom. The molecule has 1 unspecified atom stereocenters. The smallest absolute Gasteiger partial charge is 0.161 e. The summed E-state index contributed by atoms with van der Waals surface area (Å²) in [4.78, 5) is 6.79. The van der Waals surface area contributed by atoms with E-state index in [4.69, 9.17) is 9.47 Å². The van der Waals surface area contributed by atoms with Gasteiger partial charge in [-0.25, -0.2) is 0 Å². The highest BCUT2D eigenvalue weighted by atomic mass is 16.5. The maximum Gasteiger partial charge on any atom is 0.161 e. The van der Waals surface area contributed by atoms with Crippen LogP contribution in [0.25, 0.3) is 0 Å². The van der Waals surface area contributed by atoms with Crippen molar-refractivity contribution in [3.05, 3.63) is 88.7 Å². The molecule has 3 aromatic rings. The number of hydrogen-bond donors (Lipinski definition) is 0. The first-order valence-electron chi connectivity index (χ1n) is 9.64. The number of nitrogens with zero attached hydrogens (tertiary/aromatic N) is 2. The molecule has 0 radical (unpaired) electrons. The van der Waals surface area contributed by atoms with Crippen LogP contribution in [0, 0.1) is 6.92 Å². The number of hydrogen-bond acceptors (Lipinski definition) is 4. The van der Waals surface area contributed by atoms with Crippen molar-refractivity contribution in [3.63, 3.8) is 0 Å². The minimum absolute atomic E-state index is 0.178. The zero-order chi connectivity index (χ0) is 19.5. The number of ether oxygens (including phenoxy) is 2. The van der Waals surface area contributed by atoms with Gasteiger partial charge in [0.15, 0.2) is 11.5 Å². The zero-order valence-corrected chi connectivity index (χ0v) is 16.7. The molecule has 28 heavy (non-hydrogen) atoms. The summed E-state index contributed by atoms with van der Waals surface area (Å²) in [6.07, 6.45) is 4.81. The Morgan fingerprint density at radius 3 is 2.50 bits per heavy atom. The Hall–Kier alpha value is -2.85. The fraction of sp³-hybridized carbons (Fsp3) is 0.292. The highest BCUT2D eigenvalue weighted by molar-refractivity contribution is 5.51. The van der Waals surface area contributed by atoms with Crippen molar-refractivity contribution < 1.29 is 9.47 Å². The van der Waals surface area contributed by atoms with Crippen LogP contribution in [0.3, 0.4) is 0 Å². The van der Waals surface area contributed by atoms with Gasteiger partial charge in [-0.1, -0.05) is 30.3 Å². The van der Waals surface area contributed by atoms with Crippen molar-refractivity contribution in [3.8, 4) is 11.5 Å². The van der Waals surface area contributed by atoms with Gasteiger partial charge in [0.1, 0.15) is 0 Å². The van der Waals surface area contributed by atoms with Crippen LogP contribution in [0.5, 0.6) is 11.5 Å². The van der Waals surface area contributed by atoms with E-state index >= 15 is 0 Å². The van der Waals surface area contributed by atoms with E-state index in [2.05, 4.69) is 65.3 Å². The standard InChI is InChI=1S/C24H26N2O2/c1-17-15-25-11-9-20(17)16-26-12-10-19-13-22(27-2)23(28-3)14-21(19)24(26)18-7-5-4-6-8-18/h4-9,11,13-15,24H,10,12,16H2,1-3H3. The van der Waals surface area contributed by atoms with Crippen molar-refractivity contribution in [2.75, 3.05) is 20.8 Å². The van der Waals surface area contributed by atoms with E-state index in [1.54, 1.807) is 14.2 Å². The molecule has 1 atom stereocenters. The van der Waals surface area contributed by atoms with E-state index in [0.29, 0.717) is 0 Å². The van der Waals surface area contributed by atoms with Crippen molar-refractivity contribution in [2.45, 2.75) is 25.9 Å². The summed E-state index contributed by atoms with van der Waals surface area (Å²) < 4.78 is 11.1. The molecule has 1 aromatic heterocycles. The van der Waals surface area contributed by atoms with Gasteiger partial charge in [-0.2, -0.15) is 0 Å². The molecule has 4 heteroatoms. The highest BCUT2D eigenvalue weighted by Crippen LogP contribution is 2.41. The Morgan fingerprint density at radius 1 is 1.04 bits per heavy atom. The Bertz CT molecular complexity index is 956. The maximum atomic E-state index is 5.61. The number of rotatable bonds is 5. The maximum absolute atomic E-state index is 5.61. The fourth-order valence-corrected chi connectivity index (χ4v) is 4.09. The van der Waals surface area contributed by atoms with Crippen LogP contribution in [-0.4, -0.2) is 30.6 Å². The Balaban J connectivity index is 1.80. The average Bonchev–Trinajstić information content (AvgIpc) is 2.74. The van der Waals surface area contributed by atoms with Crippen molar-refractivity contribution >= 4 is 0 Å². The van der Waals surface area contributed by atoms with Gasteiger partial charge in [0, 0.05) is 25.5 Å². The molecular formula is C24H26N2O2. The van der Waals surface area contributed by atoms with Gasteiger partial charge < -0.3 is 9.47 Å². The van der Waals surface area contributed by atoms with Gasteiger partial charge in [-0.3, -0.25) is 9.88 Å². The number of fused-ring (bicyclic) bond motifs is 1. The van der Waals surface area contributed by atoms with E-state index in [1.807, 2.05) is 12.4 Å². The summed E-state index contributed by atoms with van der Waals surface area (Å²) >= 11 is 0. The summed E-state index contributed by atoms with van der Waals surface area (Å²) in [5.74, 6) is 1.58. The number of benzene rings is 2. The lowest BCUT2D eigenvalue weighted by Gasteiger charge is -2.38. The van der Waals surface area contributed by atoms with Crippen LogP contribution in [0.2, 0.25) is 0 Å². The predicted octanol–water partition coefficient (Wildman–Crippen LogP) is 4.55. The molecule has 0 fully saturated rings. The van der Waals surface area contributed by atoms with Crippen LogP contribution >= 0.6 is 0 Å². The van der Waals surface area contributed by atoms with E-state index in [9.17, 15) is 0 Å². The lowest BCUT2D eigenvalue weighted by molar-refractivity contribution is 0.203. The number of methoxy groups -OCH3 is 2. The van der Waals surface area contributed by atoms with Crippen LogP contribution in [0.1, 0.15) is 33.9 Å². The molecule has 0 spiro atoms. The van der Waals surface area contributed by atoms with E-state index in [1.165, 1.54) is 27.8 Å². The van der Waals surface area contributed by atoms with E-state index < -0.39 is 0 Å². The summed E-state index contributed by atoms with van der Waals surface area (Å²) in [6, 6.07) is 17.3. The van der Waals surface area contributed by atoms with Crippen LogP contribution in [-0.2, 0) is 13.0 Å². The summed E-state index contributed by atoms with van der Waals surface area (Å²) in [6.45, 7) is 4.01. The van der Waals surface area contributed by atoms with Crippen molar-refractivity contribution in [1.29, 1.82) is 0 Å². The number of pyridine rings is 1. The second kappa shape index (κ2) is 8.03. The minimum Gasteiger partial charge on any atom is -0.493 e. The highest BCUT2D eigenvalue weighted by Gasteiger charge is 2.30. The molecule has 2 heterocycles. The fourth-order valence-electron chi connectivity index (χ4n) is 4.09. The van der Waals surface area contributed by atoms with Crippen LogP contribution in [0.15, 0.2) is 60.9 Å². The second-order valence-corrected chi connectivity index (χ2v) is 7.24. The predicted molar refractivity (Wildman–Crippen MR) is 111 cm³/mol. The topological polar surface area (TPSA) is 34.6 Å². The first kappa shape index (κ1) is 18.5. The second-order valence-electron chi connectivity index (χ2n) is 7.24. The summed E-state index contributed by atoms with van der Waals surface area (Å²) in [5, 5.41) is 0. The number of aryl methyl sites for hydroxylation is 1. The van der Waals surface area contributed by atoms with Gasteiger partial charge in [0.25, 0.3) is 0 Å². The zero-order valence-electron chi connectivity index (χ0n) is 16.7. The summed E-state index contributed by atoms with van der Waals surface area (Å²) in [5.41, 5.74) is 6.46. The molecule has 0 bridgehead atoms. The third kappa shape index (κ3) is 3.48. The SMILES string of the molecule is COc1cc2c(cc1OC)C(c1ccccc1)N(Cc1ccncc1C)CC2. The largest absolute Gasteiger partial charge is 0.493 e. The Kier molecular flexibility index (Phi) is 5.31. The monoisotopic (exact) mass is 374 g/mol. The van der Waals surface area contributed by atoms with Gasteiger partial charge in [-0.15, -0.1) is 0 Å². The molecular weight excluding hydrogens is 348 g/mol. The van der Waals surface area contributed by atoms with Gasteiger partial charge >= 0.3 is 0 Å². The third-order valence-corrected chi connectivity index (χ3v) is 5.60. The van der Waals surface area contributed by atoms with Gasteiger partial charge in [-0.05, 0) is 59.4 Å². The first-order valence-corrected chi connectivity index (χ1v) is 9.64. The molecule has 4 nitrogen and oxygen atoms in total. The molecule has 0 N–H and O–H groups in total. The molecule has 0 saturated carbocycles. The molecule has 0 aliphatic carbocycles. The minimum atomic E-state index is 0.178. The van der Waals surface area contributed by atoms with Crippen LogP contribution in [0.4, 0.5) is 0 Å². The van der Waals surface area contributed by atoms with Crippen LogP contribution < -0.4 is 9.47 Å². The molecule has 0 saturated heterocycles. The molecule has 4 rings (SSSR count). The van der Waals surface area contributed by atoms with Gasteiger partial charge in [0.2, 0.25) is 0 Å². The molecule has 0 amide bonds. The molecule has 144 valence electrons. The van der Waals surface area contributed by atoms with Crippen molar-refractivity contribution in [2.24, 2.45) is 0 Å².